The van der Waals surface area contributed by atoms with Crippen LogP contribution in [0.4, 0.5) is 0 Å². The lowest BCUT2D eigenvalue weighted by molar-refractivity contribution is 0.281. The Bertz CT molecular complexity index is 114. The molecule has 1 aliphatic carbocycles. The summed E-state index contributed by atoms with van der Waals surface area (Å²) in [6, 6.07) is 0. The van der Waals surface area contributed by atoms with Crippen LogP contribution in [-0.2, 0) is 0 Å². The number of piperidine rings is 1. The van der Waals surface area contributed by atoms with Gasteiger partial charge in [-0.25, -0.2) is 0 Å². The number of rotatable bonds is 1. The molecule has 2 rings (SSSR count). The van der Waals surface area contributed by atoms with E-state index in [-0.39, 0.29) is 0 Å². The minimum atomic E-state index is 1.05. The van der Waals surface area contributed by atoms with Crippen molar-refractivity contribution < 1.29 is 0 Å². The maximum absolute atomic E-state index is 2.53. The van der Waals surface area contributed by atoms with Crippen LogP contribution >= 0.6 is 11.9 Å². The van der Waals surface area contributed by atoms with Crippen LogP contribution in [0.1, 0.15) is 19.3 Å². The lowest BCUT2D eigenvalue weighted by Gasteiger charge is -2.29. The van der Waals surface area contributed by atoms with Crippen molar-refractivity contribution in [2.45, 2.75) is 19.3 Å². The second kappa shape index (κ2) is 2.74. The lowest BCUT2D eigenvalue weighted by atomic mass is 10.0. The fraction of sp³-hybridized carbons (Fsp3) is 1.00. The van der Waals surface area contributed by atoms with Gasteiger partial charge in [0, 0.05) is 13.1 Å². The second-order valence-electron chi connectivity index (χ2n) is 3.57. The Morgan fingerprint density at radius 1 is 1.20 bits per heavy atom. The molecular formula is C8H15NS. The highest BCUT2D eigenvalue weighted by atomic mass is 32.2. The first kappa shape index (κ1) is 6.99. The van der Waals surface area contributed by atoms with Gasteiger partial charge in [0.1, 0.15) is 0 Å². The maximum atomic E-state index is 2.53. The van der Waals surface area contributed by atoms with E-state index in [1.807, 2.05) is 11.9 Å². The molecular weight excluding hydrogens is 142 g/mol. The Kier molecular flexibility index (Phi) is 1.92. The van der Waals surface area contributed by atoms with E-state index in [0.29, 0.717) is 0 Å². The molecule has 0 radical (unpaired) electrons. The highest BCUT2D eigenvalue weighted by Gasteiger charge is 2.32. The predicted molar refractivity (Wildman–Crippen MR) is 45.9 cm³/mol. The van der Waals surface area contributed by atoms with Crippen LogP contribution in [0, 0.1) is 11.8 Å². The normalized spacial score (nSPS) is 40.5. The van der Waals surface area contributed by atoms with Crippen molar-refractivity contribution in [3.63, 3.8) is 0 Å². The molecule has 0 N–H and O–H groups in total. The highest BCUT2D eigenvalue weighted by molar-refractivity contribution is 7.96. The number of nitrogens with zero attached hydrogens (tertiary/aromatic N) is 1. The van der Waals surface area contributed by atoms with E-state index in [1.165, 1.54) is 32.4 Å². The molecule has 2 atom stereocenters. The van der Waals surface area contributed by atoms with E-state index in [1.54, 1.807) is 0 Å². The van der Waals surface area contributed by atoms with Crippen LogP contribution in [0.25, 0.3) is 0 Å². The van der Waals surface area contributed by atoms with Crippen molar-refractivity contribution in [3.8, 4) is 0 Å². The molecule has 10 heavy (non-hydrogen) atoms. The van der Waals surface area contributed by atoms with Crippen LogP contribution in [0.5, 0.6) is 0 Å². The highest BCUT2D eigenvalue weighted by Crippen LogP contribution is 2.37. The van der Waals surface area contributed by atoms with Crippen molar-refractivity contribution >= 4 is 11.9 Å². The largest absolute Gasteiger partial charge is 0.250 e. The second-order valence-corrected chi connectivity index (χ2v) is 4.46. The van der Waals surface area contributed by atoms with Gasteiger partial charge < -0.3 is 0 Å². The van der Waals surface area contributed by atoms with Gasteiger partial charge in [-0.3, -0.25) is 4.31 Å². The molecule has 2 unspecified atom stereocenters. The zero-order valence-electron chi connectivity index (χ0n) is 6.55. The smallest absolute Gasteiger partial charge is 0.0118 e. The average molecular weight is 157 g/mol. The van der Waals surface area contributed by atoms with E-state index in [0.717, 1.165) is 11.8 Å². The van der Waals surface area contributed by atoms with Gasteiger partial charge in [0.05, 0.1) is 0 Å². The topological polar surface area (TPSA) is 3.24 Å². The van der Waals surface area contributed by atoms with E-state index in [4.69, 9.17) is 0 Å². The summed E-state index contributed by atoms with van der Waals surface area (Å²) in [5, 5.41) is 0. The Labute approximate surface area is 67.3 Å². The summed E-state index contributed by atoms with van der Waals surface area (Å²) in [4.78, 5) is 0. The summed E-state index contributed by atoms with van der Waals surface area (Å²) in [5.41, 5.74) is 0. The third-order valence-corrected chi connectivity index (χ3v) is 3.65. The van der Waals surface area contributed by atoms with Crippen LogP contribution in [-0.4, -0.2) is 23.7 Å². The molecule has 0 amide bonds. The maximum Gasteiger partial charge on any atom is 0.0118 e. The van der Waals surface area contributed by atoms with Crippen LogP contribution < -0.4 is 0 Å². The molecule has 58 valence electrons. The van der Waals surface area contributed by atoms with Crippen LogP contribution in [0.3, 0.4) is 0 Å². The van der Waals surface area contributed by atoms with Crippen molar-refractivity contribution in [3.05, 3.63) is 0 Å². The summed E-state index contributed by atoms with van der Waals surface area (Å²) < 4.78 is 2.53. The standard InChI is InChI=1S/C8H15NS/c1-10-9-5-7-2-3-8(4-7)6-9/h7-8H,2-6H2,1H3. The summed E-state index contributed by atoms with van der Waals surface area (Å²) in [6.07, 6.45) is 6.73. The quantitative estimate of drug-likeness (QED) is 0.536. The SMILES string of the molecule is CSN1CC2CCC(C2)C1. The number of hydrogen-bond donors (Lipinski definition) is 0. The zero-order chi connectivity index (χ0) is 6.97. The molecule has 2 fully saturated rings. The third kappa shape index (κ3) is 1.19. The first-order valence-electron chi connectivity index (χ1n) is 4.17. The van der Waals surface area contributed by atoms with Crippen molar-refractivity contribution in [1.29, 1.82) is 0 Å². The number of hydrogen-bond acceptors (Lipinski definition) is 2. The molecule has 1 aliphatic heterocycles. The average Bonchev–Trinajstić information content (AvgIpc) is 2.30. The van der Waals surface area contributed by atoms with Crippen LogP contribution in [0.2, 0.25) is 0 Å². The molecule has 0 aromatic rings. The van der Waals surface area contributed by atoms with Gasteiger partial charge in [-0.2, -0.15) is 0 Å². The minimum absolute atomic E-state index is 1.05. The van der Waals surface area contributed by atoms with E-state index in [2.05, 4.69) is 10.6 Å². The Balaban J connectivity index is 1.96. The molecule has 0 spiro atoms. The first-order valence-corrected chi connectivity index (χ1v) is 5.35. The minimum Gasteiger partial charge on any atom is -0.250 e. The summed E-state index contributed by atoms with van der Waals surface area (Å²) in [5.74, 6) is 2.09. The van der Waals surface area contributed by atoms with Gasteiger partial charge in [-0.15, -0.1) is 0 Å². The molecule has 0 aromatic carbocycles. The van der Waals surface area contributed by atoms with Crippen molar-refractivity contribution in [1.82, 2.24) is 4.31 Å². The summed E-state index contributed by atoms with van der Waals surface area (Å²) in [7, 11) is 0. The van der Waals surface area contributed by atoms with Gasteiger partial charge in [-0.05, 0) is 37.4 Å². The van der Waals surface area contributed by atoms with E-state index >= 15 is 0 Å². The number of fused-ring (bicyclic) bond motifs is 2. The first-order chi connectivity index (χ1) is 4.88. The van der Waals surface area contributed by atoms with Crippen LogP contribution in [0.15, 0.2) is 0 Å². The van der Waals surface area contributed by atoms with Gasteiger partial charge in [-0.1, -0.05) is 11.9 Å². The predicted octanol–water partition coefficient (Wildman–Crippen LogP) is 2.00. The zero-order valence-corrected chi connectivity index (χ0v) is 7.36. The molecule has 2 heteroatoms. The fourth-order valence-corrected chi connectivity index (χ4v) is 3.03. The Morgan fingerprint density at radius 2 is 1.80 bits per heavy atom. The molecule has 2 bridgehead atoms. The Hall–Kier alpha value is 0.310. The van der Waals surface area contributed by atoms with Crippen molar-refractivity contribution in [2.75, 3.05) is 19.3 Å². The fourth-order valence-electron chi connectivity index (χ4n) is 2.31. The van der Waals surface area contributed by atoms with Gasteiger partial charge in [0.2, 0.25) is 0 Å². The molecule has 1 saturated carbocycles. The van der Waals surface area contributed by atoms with Gasteiger partial charge in [0.25, 0.3) is 0 Å². The Morgan fingerprint density at radius 3 is 2.30 bits per heavy atom. The summed E-state index contributed by atoms with van der Waals surface area (Å²) >= 11 is 1.93. The van der Waals surface area contributed by atoms with Gasteiger partial charge in [0.15, 0.2) is 0 Å². The van der Waals surface area contributed by atoms with Gasteiger partial charge >= 0.3 is 0 Å². The summed E-state index contributed by atoms with van der Waals surface area (Å²) in [6.45, 7) is 2.72. The van der Waals surface area contributed by atoms with E-state index in [9.17, 15) is 0 Å². The molecule has 2 aliphatic rings. The molecule has 0 aromatic heterocycles. The van der Waals surface area contributed by atoms with E-state index < -0.39 is 0 Å². The lowest BCUT2D eigenvalue weighted by Crippen LogP contribution is -2.30. The molecule has 1 saturated heterocycles. The molecule has 1 nitrogen and oxygen atoms in total. The molecule has 1 heterocycles. The monoisotopic (exact) mass is 157 g/mol. The third-order valence-electron chi connectivity index (χ3n) is 2.83. The van der Waals surface area contributed by atoms with Crippen molar-refractivity contribution in [2.24, 2.45) is 11.8 Å².